The van der Waals surface area contributed by atoms with Crippen molar-refractivity contribution in [3.63, 3.8) is 0 Å². The topological polar surface area (TPSA) is 12.0 Å². The molecule has 0 radical (unpaired) electrons. The van der Waals surface area contributed by atoms with Crippen LogP contribution in [0, 0.1) is 10.5 Å². The van der Waals surface area contributed by atoms with Crippen molar-refractivity contribution in [3.05, 3.63) is 53.2 Å². The predicted octanol–water partition coefficient (Wildman–Crippen LogP) is 6.06. The van der Waals surface area contributed by atoms with Crippen molar-refractivity contribution < 1.29 is 0 Å². The van der Waals surface area contributed by atoms with E-state index in [0.29, 0.717) is 0 Å². The fourth-order valence-corrected chi connectivity index (χ4v) is 3.84. The summed E-state index contributed by atoms with van der Waals surface area (Å²) in [6.07, 6.45) is 1.09. The third-order valence-electron chi connectivity index (χ3n) is 3.04. The number of hydrogen-bond donors (Lipinski definition) is 1. The first-order valence-electron chi connectivity index (χ1n) is 6.47. The molecule has 1 nitrogen and oxygen atoms in total. The molecule has 0 saturated heterocycles. The SMILES string of the molecule is CCCNC(c1ccc(I)c(Cl)c1)c1cc(C)c(Cl)s1. The fraction of sp³-hybridized carbons (Fsp3) is 0.333. The Bertz CT molecular complexity index is 578. The molecule has 2 aromatic rings. The first kappa shape index (κ1) is 16.6. The van der Waals surface area contributed by atoms with Crippen LogP contribution in [0.5, 0.6) is 0 Å². The highest BCUT2D eigenvalue weighted by molar-refractivity contribution is 14.1. The van der Waals surface area contributed by atoms with E-state index in [1.165, 1.54) is 10.4 Å². The molecular formula is C15H16Cl2INS. The second-order valence-corrected chi connectivity index (χ2v) is 7.92. The summed E-state index contributed by atoms with van der Waals surface area (Å²) in [5, 5.41) is 4.38. The highest BCUT2D eigenvalue weighted by Crippen LogP contribution is 2.35. The second kappa shape index (κ2) is 7.45. The lowest BCUT2D eigenvalue weighted by Gasteiger charge is -2.18. The Kier molecular flexibility index (Phi) is 6.17. The molecule has 2 rings (SSSR count). The fourth-order valence-electron chi connectivity index (χ4n) is 1.99. The molecule has 0 aliphatic heterocycles. The molecule has 0 bridgehead atoms. The molecule has 1 aromatic heterocycles. The van der Waals surface area contributed by atoms with E-state index in [9.17, 15) is 0 Å². The normalized spacial score (nSPS) is 12.7. The zero-order chi connectivity index (χ0) is 14.7. The molecule has 0 amide bonds. The molecule has 1 unspecified atom stereocenters. The molecule has 20 heavy (non-hydrogen) atoms. The third-order valence-corrected chi connectivity index (χ3v) is 6.23. The van der Waals surface area contributed by atoms with Crippen LogP contribution in [0.4, 0.5) is 0 Å². The van der Waals surface area contributed by atoms with Crippen molar-refractivity contribution in [2.75, 3.05) is 6.54 Å². The van der Waals surface area contributed by atoms with Gasteiger partial charge in [-0.1, -0.05) is 36.2 Å². The second-order valence-electron chi connectivity index (χ2n) is 4.67. The number of hydrogen-bond acceptors (Lipinski definition) is 2. The van der Waals surface area contributed by atoms with Gasteiger partial charge in [0, 0.05) is 8.45 Å². The zero-order valence-corrected chi connectivity index (χ0v) is 15.8. The Morgan fingerprint density at radius 2 is 2.05 bits per heavy atom. The predicted molar refractivity (Wildman–Crippen MR) is 98.4 cm³/mol. The smallest absolute Gasteiger partial charge is 0.0961 e. The summed E-state index contributed by atoms with van der Waals surface area (Å²) in [5.74, 6) is 0. The summed E-state index contributed by atoms with van der Waals surface area (Å²) < 4.78 is 1.93. The van der Waals surface area contributed by atoms with Gasteiger partial charge in [0.15, 0.2) is 0 Å². The molecule has 5 heteroatoms. The molecule has 0 aliphatic carbocycles. The minimum absolute atomic E-state index is 0.153. The number of aryl methyl sites for hydroxylation is 1. The molecule has 0 saturated carbocycles. The standard InChI is InChI=1S/C15H16Cl2INS/c1-3-6-19-14(13-7-9(2)15(17)20-13)10-4-5-12(18)11(16)8-10/h4-5,7-8,14,19H,3,6H2,1-2H3. The van der Waals surface area contributed by atoms with E-state index in [1.54, 1.807) is 11.3 Å². The van der Waals surface area contributed by atoms with Gasteiger partial charge in [0.25, 0.3) is 0 Å². The van der Waals surface area contributed by atoms with E-state index >= 15 is 0 Å². The molecule has 0 fully saturated rings. The zero-order valence-electron chi connectivity index (χ0n) is 11.3. The maximum atomic E-state index is 6.26. The lowest BCUT2D eigenvalue weighted by atomic mass is 10.0. The number of rotatable bonds is 5. The van der Waals surface area contributed by atoms with Crippen LogP contribution in [0.15, 0.2) is 24.3 Å². The maximum absolute atomic E-state index is 6.26. The van der Waals surface area contributed by atoms with E-state index in [1.807, 2.05) is 13.0 Å². The van der Waals surface area contributed by atoms with Gasteiger partial charge < -0.3 is 5.32 Å². The Hall–Kier alpha value is 0.190. The highest BCUT2D eigenvalue weighted by atomic mass is 127. The summed E-state index contributed by atoms with van der Waals surface area (Å²) in [6.45, 7) is 5.17. The Morgan fingerprint density at radius 3 is 2.60 bits per heavy atom. The van der Waals surface area contributed by atoms with Crippen LogP contribution >= 0.6 is 57.1 Å². The van der Waals surface area contributed by atoms with E-state index in [-0.39, 0.29) is 6.04 Å². The number of halogens is 3. The quantitative estimate of drug-likeness (QED) is 0.558. The maximum Gasteiger partial charge on any atom is 0.0961 e. The van der Waals surface area contributed by atoms with Crippen LogP contribution in [0.1, 0.15) is 35.4 Å². The van der Waals surface area contributed by atoms with Gasteiger partial charge in [-0.2, -0.15) is 0 Å². The number of thiophene rings is 1. The van der Waals surface area contributed by atoms with Gasteiger partial charge in [-0.05, 0) is 71.8 Å². The summed E-state index contributed by atoms with van der Waals surface area (Å²) in [5.41, 5.74) is 2.31. The molecule has 1 heterocycles. The summed E-state index contributed by atoms with van der Waals surface area (Å²) >= 11 is 16.4. The monoisotopic (exact) mass is 439 g/mol. The van der Waals surface area contributed by atoms with E-state index in [2.05, 4.69) is 53.0 Å². The molecule has 108 valence electrons. The largest absolute Gasteiger partial charge is 0.306 e. The van der Waals surface area contributed by atoms with Gasteiger partial charge >= 0.3 is 0 Å². The lowest BCUT2D eigenvalue weighted by molar-refractivity contribution is 0.605. The minimum atomic E-state index is 0.153. The third kappa shape index (κ3) is 3.89. The van der Waals surface area contributed by atoms with Crippen LogP contribution in [-0.2, 0) is 0 Å². The molecule has 0 aliphatic rings. The first-order chi connectivity index (χ1) is 9.52. The summed E-state index contributed by atoms with van der Waals surface area (Å²) in [7, 11) is 0. The summed E-state index contributed by atoms with van der Waals surface area (Å²) in [6, 6.07) is 8.54. The van der Waals surface area contributed by atoms with Gasteiger partial charge in [0.1, 0.15) is 0 Å². The Balaban J connectivity index is 2.38. The minimum Gasteiger partial charge on any atom is -0.306 e. The Morgan fingerprint density at radius 1 is 1.30 bits per heavy atom. The molecule has 1 aromatic carbocycles. The van der Waals surface area contributed by atoms with Crippen molar-refractivity contribution in [1.29, 1.82) is 0 Å². The van der Waals surface area contributed by atoms with Gasteiger partial charge in [-0.15, -0.1) is 11.3 Å². The van der Waals surface area contributed by atoms with E-state index < -0.39 is 0 Å². The van der Waals surface area contributed by atoms with Crippen molar-refractivity contribution >= 4 is 57.1 Å². The average Bonchev–Trinajstić information content (AvgIpc) is 2.74. The molecule has 0 spiro atoms. The van der Waals surface area contributed by atoms with Gasteiger partial charge in [0.05, 0.1) is 15.4 Å². The van der Waals surface area contributed by atoms with E-state index in [0.717, 1.165) is 31.5 Å². The van der Waals surface area contributed by atoms with Crippen molar-refractivity contribution in [2.24, 2.45) is 0 Å². The molecule has 1 N–H and O–H groups in total. The number of nitrogens with one attached hydrogen (secondary N) is 1. The lowest BCUT2D eigenvalue weighted by Crippen LogP contribution is -2.22. The van der Waals surface area contributed by atoms with E-state index in [4.69, 9.17) is 23.2 Å². The highest BCUT2D eigenvalue weighted by Gasteiger charge is 2.17. The number of benzene rings is 1. The molecular weight excluding hydrogens is 424 g/mol. The average molecular weight is 440 g/mol. The van der Waals surface area contributed by atoms with Crippen LogP contribution in [-0.4, -0.2) is 6.54 Å². The van der Waals surface area contributed by atoms with Crippen LogP contribution in [0.3, 0.4) is 0 Å². The van der Waals surface area contributed by atoms with Crippen LogP contribution in [0.25, 0.3) is 0 Å². The van der Waals surface area contributed by atoms with Crippen LogP contribution in [0.2, 0.25) is 9.36 Å². The Labute approximate surface area is 147 Å². The van der Waals surface area contributed by atoms with Crippen LogP contribution < -0.4 is 5.32 Å². The first-order valence-corrected chi connectivity index (χ1v) is 9.12. The van der Waals surface area contributed by atoms with Gasteiger partial charge in [-0.25, -0.2) is 0 Å². The van der Waals surface area contributed by atoms with Gasteiger partial charge in [-0.3, -0.25) is 0 Å². The van der Waals surface area contributed by atoms with Crippen molar-refractivity contribution in [3.8, 4) is 0 Å². The van der Waals surface area contributed by atoms with Crippen molar-refractivity contribution in [2.45, 2.75) is 26.3 Å². The molecule has 1 atom stereocenters. The summed E-state index contributed by atoms with van der Waals surface area (Å²) in [4.78, 5) is 1.23. The van der Waals surface area contributed by atoms with Gasteiger partial charge in [0.2, 0.25) is 0 Å². The van der Waals surface area contributed by atoms with Crippen molar-refractivity contribution in [1.82, 2.24) is 5.32 Å².